The molecule has 0 amide bonds. The highest BCUT2D eigenvalue weighted by molar-refractivity contribution is 5.13. The lowest BCUT2D eigenvalue weighted by molar-refractivity contribution is -0.237. The Bertz CT molecular complexity index is 381. The van der Waals surface area contributed by atoms with Crippen molar-refractivity contribution in [3.63, 3.8) is 0 Å². The molecule has 0 spiro atoms. The molecule has 1 fully saturated rings. The van der Waals surface area contributed by atoms with Gasteiger partial charge in [0.25, 0.3) is 0 Å². The number of aliphatic hydroxyl groups excluding tert-OH is 5. The molecule has 0 aliphatic heterocycles. The van der Waals surface area contributed by atoms with Gasteiger partial charge in [0.1, 0.15) is 36.6 Å². The van der Waals surface area contributed by atoms with Gasteiger partial charge in [0.2, 0.25) is 0 Å². The maximum absolute atomic E-state index is 9.77. The van der Waals surface area contributed by atoms with E-state index >= 15 is 0 Å². The van der Waals surface area contributed by atoms with Gasteiger partial charge in [-0.05, 0) is 5.56 Å². The largest absolute Gasteiger partial charge is 0.387 e. The van der Waals surface area contributed by atoms with Gasteiger partial charge < -0.3 is 30.3 Å². The first-order valence-corrected chi connectivity index (χ1v) is 6.08. The molecule has 1 aliphatic rings. The molecule has 6 heteroatoms. The zero-order valence-corrected chi connectivity index (χ0v) is 10.2. The van der Waals surface area contributed by atoms with Crippen LogP contribution in [-0.4, -0.2) is 62.2 Å². The molecule has 19 heavy (non-hydrogen) atoms. The topological polar surface area (TPSA) is 110 Å². The van der Waals surface area contributed by atoms with Crippen LogP contribution in [0.2, 0.25) is 0 Å². The highest BCUT2D eigenvalue weighted by Gasteiger charge is 2.48. The van der Waals surface area contributed by atoms with Crippen LogP contribution in [0.25, 0.3) is 0 Å². The van der Waals surface area contributed by atoms with E-state index in [1.54, 1.807) is 0 Å². The van der Waals surface area contributed by atoms with Gasteiger partial charge in [-0.2, -0.15) is 0 Å². The van der Waals surface area contributed by atoms with Crippen LogP contribution in [0.1, 0.15) is 5.56 Å². The highest BCUT2D eigenvalue weighted by atomic mass is 16.5. The first-order chi connectivity index (χ1) is 9.02. The molecule has 1 aromatic carbocycles. The quantitative estimate of drug-likeness (QED) is 0.452. The van der Waals surface area contributed by atoms with Crippen LogP contribution in [0, 0.1) is 0 Å². The zero-order valence-electron chi connectivity index (χ0n) is 10.2. The Labute approximate surface area is 110 Å². The Morgan fingerprint density at radius 1 is 0.737 bits per heavy atom. The number of ether oxygens (including phenoxy) is 1. The summed E-state index contributed by atoms with van der Waals surface area (Å²) in [6, 6.07) is 9.10. The van der Waals surface area contributed by atoms with Gasteiger partial charge in [-0.15, -0.1) is 0 Å². The van der Waals surface area contributed by atoms with Crippen molar-refractivity contribution in [3.05, 3.63) is 35.9 Å². The average Bonchev–Trinajstić information content (AvgIpc) is 2.44. The Morgan fingerprint density at radius 2 is 1.21 bits per heavy atom. The number of hydrogen-bond acceptors (Lipinski definition) is 6. The fourth-order valence-corrected chi connectivity index (χ4v) is 2.16. The van der Waals surface area contributed by atoms with Gasteiger partial charge in [0, 0.05) is 0 Å². The lowest BCUT2D eigenvalue weighted by atomic mass is 9.85. The van der Waals surface area contributed by atoms with Crippen LogP contribution >= 0.6 is 0 Å². The third kappa shape index (κ3) is 2.94. The first kappa shape index (κ1) is 14.4. The van der Waals surface area contributed by atoms with Crippen LogP contribution in [0.4, 0.5) is 0 Å². The standard InChI is InChI=1S/C13H18O6/c14-8-9(15)11(17)13(12(18)10(8)16)19-6-7-4-2-1-3-5-7/h1-5,8-18H,6H2/t8?,9-,10-,11-,12+,13?/m0/s1. The van der Waals surface area contributed by atoms with Crippen molar-refractivity contribution in [2.45, 2.75) is 43.2 Å². The van der Waals surface area contributed by atoms with Crippen molar-refractivity contribution in [1.29, 1.82) is 0 Å². The summed E-state index contributed by atoms with van der Waals surface area (Å²) in [5.74, 6) is 0. The third-order valence-corrected chi connectivity index (χ3v) is 3.36. The second-order valence-electron chi connectivity index (χ2n) is 4.71. The molecule has 1 saturated carbocycles. The van der Waals surface area contributed by atoms with E-state index < -0.39 is 36.6 Å². The SMILES string of the molecule is OC1[C@H](O)[C@H](O)C(OCc2ccccc2)[C@H](O)[C@H]1O. The second kappa shape index (κ2) is 5.96. The Morgan fingerprint density at radius 3 is 1.74 bits per heavy atom. The summed E-state index contributed by atoms with van der Waals surface area (Å²) in [4.78, 5) is 0. The smallest absolute Gasteiger partial charge is 0.115 e. The minimum atomic E-state index is -1.60. The van der Waals surface area contributed by atoms with E-state index in [4.69, 9.17) is 4.74 Å². The summed E-state index contributed by atoms with van der Waals surface area (Å²) >= 11 is 0. The van der Waals surface area contributed by atoms with Crippen LogP contribution in [0.5, 0.6) is 0 Å². The summed E-state index contributed by atoms with van der Waals surface area (Å²) in [5, 5.41) is 48.1. The molecule has 106 valence electrons. The van der Waals surface area contributed by atoms with Gasteiger partial charge >= 0.3 is 0 Å². The minimum Gasteiger partial charge on any atom is -0.387 e. The molecule has 0 heterocycles. The van der Waals surface area contributed by atoms with Gasteiger partial charge in [-0.1, -0.05) is 30.3 Å². The van der Waals surface area contributed by atoms with Crippen LogP contribution in [-0.2, 0) is 11.3 Å². The molecule has 5 N–H and O–H groups in total. The maximum atomic E-state index is 9.77. The Balaban J connectivity index is 2.02. The van der Waals surface area contributed by atoms with Crippen molar-refractivity contribution >= 4 is 0 Å². The summed E-state index contributed by atoms with van der Waals surface area (Å²) < 4.78 is 5.35. The van der Waals surface area contributed by atoms with E-state index in [0.717, 1.165) is 5.56 Å². The van der Waals surface area contributed by atoms with Gasteiger partial charge in [0.15, 0.2) is 0 Å². The zero-order chi connectivity index (χ0) is 14.0. The van der Waals surface area contributed by atoms with E-state index in [1.807, 2.05) is 30.3 Å². The number of rotatable bonds is 3. The van der Waals surface area contributed by atoms with Crippen molar-refractivity contribution in [2.24, 2.45) is 0 Å². The van der Waals surface area contributed by atoms with Crippen molar-refractivity contribution in [1.82, 2.24) is 0 Å². The molecule has 6 atom stereocenters. The number of hydrogen-bond donors (Lipinski definition) is 5. The lowest BCUT2D eigenvalue weighted by Crippen LogP contribution is -2.64. The fourth-order valence-electron chi connectivity index (χ4n) is 2.16. The third-order valence-electron chi connectivity index (χ3n) is 3.36. The molecule has 0 saturated heterocycles. The molecule has 1 aromatic rings. The normalized spacial score (nSPS) is 39.2. The second-order valence-corrected chi connectivity index (χ2v) is 4.71. The van der Waals surface area contributed by atoms with Crippen molar-refractivity contribution in [2.75, 3.05) is 0 Å². The van der Waals surface area contributed by atoms with Crippen molar-refractivity contribution in [3.8, 4) is 0 Å². The molecular formula is C13H18O6. The molecule has 1 aliphatic carbocycles. The van der Waals surface area contributed by atoms with Crippen LogP contribution in [0.3, 0.4) is 0 Å². The van der Waals surface area contributed by atoms with E-state index in [1.165, 1.54) is 0 Å². The Hall–Kier alpha value is -1.02. The number of benzene rings is 1. The van der Waals surface area contributed by atoms with Gasteiger partial charge in [-0.3, -0.25) is 0 Å². The van der Waals surface area contributed by atoms with Gasteiger partial charge in [-0.25, -0.2) is 0 Å². The average molecular weight is 270 g/mol. The summed E-state index contributed by atoms with van der Waals surface area (Å²) in [5.41, 5.74) is 0.831. The molecule has 0 radical (unpaired) electrons. The lowest BCUT2D eigenvalue weighted by Gasteiger charge is -2.41. The van der Waals surface area contributed by atoms with E-state index in [9.17, 15) is 25.5 Å². The van der Waals surface area contributed by atoms with Crippen LogP contribution in [0.15, 0.2) is 30.3 Å². The molecule has 0 bridgehead atoms. The first-order valence-electron chi connectivity index (χ1n) is 6.08. The fraction of sp³-hybridized carbons (Fsp3) is 0.538. The predicted octanol–water partition coefficient (Wildman–Crippen LogP) is -1.61. The molecular weight excluding hydrogens is 252 g/mol. The molecule has 2 unspecified atom stereocenters. The summed E-state index contributed by atoms with van der Waals surface area (Å²) in [6.07, 6.45) is -8.79. The summed E-state index contributed by atoms with van der Waals surface area (Å²) in [6.45, 7) is 0.120. The summed E-state index contributed by atoms with van der Waals surface area (Å²) in [7, 11) is 0. The number of aliphatic hydroxyl groups is 5. The predicted molar refractivity (Wildman–Crippen MR) is 65.1 cm³/mol. The highest BCUT2D eigenvalue weighted by Crippen LogP contribution is 2.24. The monoisotopic (exact) mass is 270 g/mol. The molecule has 0 aromatic heterocycles. The Kier molecular flexibility index (Phi) is 4.51. The minimum absolute atomic E-state index is 0.120. The molecule has 2 rings (SSSR count). The van der Waals surface area contributed by atoms with Crippen LogP contribution < -0.4 is 0 Å². The van der Waals surface area contributed by atoms with Gasteiger partial charge in [0.05, 0.1) is 6.61 Å². The van der Waals surface area contributed by atoms with E-state index in [-0.39, 0.29) is 6.61 Å². The van der Waals surface area contributed by atoms with Crippen molar-refractivity contribution < 1.29 is 30.3 Å². The maximum Gasteiger partial charge on any atom is 0.115 e. The molecule has 6 nitrogen and oxygen atoms in total. The van der Waals surface area contributed by atoms with E-state index in [0.29, 0.717) is 0 Å². The van der Waals surface area contributed by atoms with E-state index in [2.05, 4.69) is 0 Å².